The number of aliphatic hydroxyl groups is 1. The van der Waals surface area contributed by atoms with Gasteiger partial charge in [-0.25, -0.2) is 14.1 Å². The normalized spacial score (nSPS) is 16.9. The quantitative estimate of drug-likeness (QED) is 0.460. The van der Waals surface area contributed by atoms with Gasteiger partial charge in [0.2, 0.25) is 0 Å². The van der Waals surface area contributed by atoms with Gasteiger partial charge in [0.15, 0.2) is 5.65 Å². The van der Waals surface area contributed by atoms with Gasteiger partial charge in [-0.1, -0.05) is 0 Å². The number of nitrogens with zero attached hydrogens (tertiary/aromatic N) is 5. The molecule has 1 fully saturated rings. The molecule has 2 aromatic heterocycles. The number of likely N-dealkylation sites (tertiary alicyclic amines) is 1. The molecule has 2 aliphatic rings. The predicted molar refractivity (Wildman–Crippen MR) is 133 cm³/mol. The van der Waals surface area contributed by atoms with Gasteiger partial charge >= 0.3 is 0 Å². The second-order valence-corrected chi connectivity index (χ2v) is 9.74. The van der Waals surface area contributed by atoms with E-state index in [2.05, 4.69) is 10.1 Å². The summed E-state index contributed by atoms with van der Waals surface area (Å²) < 4.78 is 21.8. The molecule has 10 heteroatoms. The summed E-state index contributed by atoms with van der Waals surface area (Å²) in [7, 11) is 0. The molecule has 4 heterocycles. The maximum absolute atomic E-state index is 13.3. The van der Waals surface area contributed by atoms with Crippen molar-refractivity contribution in [2.45, 2.75) is 37.8 Å². The van der Waals surface area contributed by atoms with Crippen LogP contribution in [-0.2, 0) is 13.0 Å². The van der Waals surface area contributed by atoms with E-state index in [9.17, 15) is 19.1 Å². The Labute approximate surface area is 211 Å². The minimum absolute atomic E-state index is 0.0642. The summed E-state index contributed by atoms with van der Waals surface area (Å²) in [5, 5.41) is 15.8. The van der Waals surface area contributed by atoms with E-state index in [-0.39, 0.29) is 23.8 Å². The van der Waals surface area contributed by atoms with E-state index in [1.54, 1.807) is 23.1 Å². The highest BCUT2D eigenvalue weighted by molar-refractivity contribution is 5.94. The van der Waals surface area contributed by atoms with Gasteiger partial charge in [0.05, 0.1) is 30.6 Å². The average molecular weight is 504 g/mol. The Kier molecular flexibility index (Phi) is 5.75. The van der Waals surface area contributed by atoms with E-state index in [4.69, 9.17) is 4.74 Å². The largest absolute Gasteiger partial charge is 0.493 e. The summed E-state index contributed by atoms with van der Waals surface area (Å²) in [6, 6.07) is 11.3. The zero-order valence-electron chi connectivity index (χ0n) is 20.1. The van der Waals surface area contributed by atoms with Crippen LogP contribution in [0.1, 0.15) is 35.2 Å². The van der Waals surface area contributed by atoms with Gasteiger partial charge in [-0.2, -0.15) is 5.10 Å². The first-order valence-corrected chi connectivity index (χ1v) is 12.4. The average Bonchev–Trinajstić information content (AvgIpc) is 3.35. The highest BCUT2D eigenvalue weighted by Crippen LogP contribution is 2.28. The van der Waals surface area contributed by atoms with Crippen LogP contribution < -0.4 is 10.3 Å². The Morgan fingerprint density at radius 3 is 2.70 bits per heavy atom. The Balaban J connectivity index is 1.16. The molecule has 4 aromatic rings. The number of hydrogen-bond acceptors (Lipinski definition) is 6. The van der Waals surface area contributed by atoms with Crippen LogP contribution in [0.25, 0.3) is 16.7 Å². The summed E-state index contributed by atoms with van der Waals surface area (Å²) in [6.45, 7) is 1.54. The smallest absolute Gasteiger partial charge is 0.264 e. The van der Waals surface area contributed by atoms with Gasteiger partial charge in [0.25, 0.3) is 11.5 Å². The topological polar surface area (TPSA) is 102 Å². The minimum Gasteiger partial charge on any atom is -0.493 e. The maximum Gasteiger partial charge on any atom is 0.264 e. The second kappa shape index (κ2) is 9.11. The van der Waals surface area contributed by atoms with Crippen molar-refractivity contribution in [1.82, 2.24) is 24.2 Å². The van der Waals surface area contributed by atoms with Crippen LogP contribution in [0.3, 0.4) is 0 Å². The van der Waals surface area contributed by atoms with Crippen molar-refractivity contribution >= 4 is 16.9 Å². The molecule has 0 bridgehead atoms. The molecular formula is C27H26FN5O4. The third kappa shape index (κ3) is 4.37. The van der Waals surface area contributed by atoms with E-state index >= 15 is 0 Å². The molecule has 1 N–H and O–H groups in total. The SMILES string of the molecule is O=C(c1ccc2c(c1)CCCO2)N1CCC(O)(Cn2cnc3c(cnn3-c3ccc(F)cc3)c2=O)CC1. The first-order valence-electron chi connectivity index (χ1n) is 12.4. The highest BCUT2D eigenvalue weighted by atomic mass is 19.1. The summed E-state index contributed by atoms with van der Waals surface area (Å²) in [6.07, 6.45) is 5.34. The van der Waals surface area contributed by atoms with E-state index in [0.717, 1.165) is 24.2 Å². The predicted octanol–water partition coefficient (Wildman–Crippen LogP) is 2.71. The van der Waals surface area contributed by atoms with E-state index in [0.29, 0.717) is 54.8 Å². The number of halogens is 1. The summed E-state index contributed by atoms with van der Waals surface area (Å²) in [5.41, 5.74) is 1.15. The highest BCUT2D eigenvalue weighted by Gasteiger charge is 2.35. The standard InChI is InChI=1S/C27H26FN5O4/c28-20-4-6-21(7-5-20)33-24-22(15-30-33)26(35)32(17-29-24)16-27(36)9-11-31(12-10-27)25(34)19-3-8-23-18(14-19)2-1-13-37-23/h3-8,14-15,17,36H,1-2,9-13,16H2. The van der Waals surface area contributed by atoms with Crippen molar-refractivity contribution in [2.75, 3.05) is 19.7 Å². The van der Waals surface area contributed by atoms with Crippen molar-refractivity contribution in [1.29, 1.82) is 0 Å². The molecule has 0 unspecified atom stereocenters. The summed E-state index contributed by atoms with van der Waals surface area (Å²) >= 11 is 0. The van der Waals surface area contributed by atoms with E-state index in [1.165, 1.54) is 33.9 Å². The van der Waals surface area contributed by atoms with Crippen molar-refractivity contribution in [3.05, 3.63) is 82.3 Å². The van der Waals surface area contributed by atoms with Crippen LogP contribution in [0.4, 0.5) is 4.39 Å². The number of carbonyl (C=O) groups excluding carboxylic acids is 1. The molecule has 0 saturated carbocycles. The number of piperidine rings is 1. The van der Waals surface area contributed by atoms with Gasteiger partial charge in [-0.15, -0.1) is 0 Å². The molecule has 1 saturated heterocycles. The van der Waals surface area contributed by atoms with Crippen molar-refractivity contribution in [2.24, 2.45) is 0 Å². The number of carbonyl (C=O) groups is 1. The Morgan fingerprint density at radius 2 is 1.92 bits per heavy atom. The molecule has 190 valence electrons. The number of ether oxygens (including phenoxy) is 1. The van der Waals surface area contributed by atoms with Crippen LogP contribution in [0, 0.1) is 5.82 Å². The zero-order valence-corrected chi connectivity index (χ0v) is 20.1. The number of benzene rings is 2. The third-order valence-electron chi connectivity index (χ3n) is 7.23. The molecule has 2 aliphatic heterocycles. The lowest BCUT2D eigenvalue weighted by atomic mass is 9.90. The fourth-order valence-corrected chi connectivity index (χ4v) is 5.11. The first-order chi connectivity index (χ1) is 17.9. The van der Waals surface area contributed by atoms with E-state index < -0.39 is 5.60 Å². The second-order valence-electron chi connectivity index (χ2n) is 9.74. The molecule has 6 rings (SSSR count). The molecule has 0 aliphatic carbocycles. The lowest BCUT2D eigenvalue weighted by molar-refractivity contribution is -0.0299. The van der Waals surface area contributed by atoms with Crippen LogP contribution >= 0.6 is 0 Å². The number of aromatic nitrogens is 4. The van der Waals surface area contributed by atoms with Crippen molar-refractivity contribution in [3.8, 4) is 11.4 Å². The summed E-state index contributed by atoms with van der Waals surface area (Å²) in [5.74, 6) is 0.410. The van der Waals surface area contributed by atoms with E-state index in [1.807, 2.05) is 12.1 Å². The van der Waals surface area contributed by atoms with Gasteiger partial charge in [0.1, 0.15) is 23.3 Å². The molecule has 37 heavy (non-hydrogen) atoms. The Morgan fingerprint density at radius 1 is 1.14 bits per heavy atom. The van der Waals surface area contributed by atoms with Crippen LogP contribution in [0.2, 0.25) is 0 Å². The van der Waals surface area contributed by atoms with Gasteiger partial charge in [-0.05, 0) is 73.7 Å². The van der Waals surface area contributed by atoms with Crippen LogP contribution in [0.5, 0.6) is 5.75 Å². The molecule has 9 nitrogen and oxygen atoms in total. The minimum atomic E-state index is -1.15. The molecule has 0 atom stereocenters. The fourth-order valence-electron chi connectivity index (χ4n) is 5.11. The molecule has 2 aromatic carbocycles. The van der Waals surface area contributed by atoms with Crippen molar-refractivity contribution < 1.29 is 19.0 Å². The number of rotatable bonds is 4. The lowest BCUT2D eigenvalue weighted by Crippen LogP contribution is -2.49. The lowest BCUT2D eigenvalue weighted by Gasteiger charge is -2.38. The first kappa shape index (κ1) is 23.4. The van der Waals surface area contributed by atoms with Gasteiger partial charge in [0, 0.05) is 18.7 Å². The zero-order chi connectivity index (χ0) is 25.6. The Bertz CT molecular complexity index is 1540. The number of aryl methyl sites for hydroxylation is 1. The number of amides is 1. The number of hydrogen-bond donors (Lipinski definition) is 1. The summed E-state index contributed by atoms with van der Waals surface area (Å²) in [4.78, 5) is 32.4. The Hall–Kier alpha value is -4.05. The van der Waals surface area contributed by atoms with Gasteiger partial charge in [-0.3, -0.25) is 14.2 Å². The van der Waals surface area contributed by atoms with Crippen LogP contribution in [0.15, 0.2) is 59.8 Å². The van der Waals surface area contributed by atoms with Gasteiger partial charge < -0.3 is 14.7 Å². The molecule has 0 radical (unpaired) electrons. The van der Waals surface area contributed by atoms with Crippen molar-refractivity contribution in [3.63, 3.8) is 0 Å². The third-order valence-corrected chi connectivity index (χ3v) is 7.23. The number of fused-ring (bicyclic) bond motifs is 2. The molecule has 0 spiro atoms. The monoisotopic (exact) mass is 503 g/mol. The molecular weight excluding hydrogens is 477 g/mol. The van der Waals surface area contributed by atoms with Crippen LogP contribution in [-0.4, -0.2) is 60.5 Å². The molecule has 1 amide bonds. The fraction of sp³-hybridized carbons (Fsp3) is 0.333. The maximum atomic E-state index is 13.3.